The van der Waals surface area contributed by atoms with Crippen LogP contribution in [0, 0.1) is 5.92 Å². The Morgan fingerprint density at radius 1 is 0.705 bits per heavy atom. The molecule has 0 aliphatic rings. The van der Waals surface area contributed by atoms with Gasteiger partial charge in [-0.2, -0.15) is 0 Å². The molecule has 3 rings (SSSR count). The molecule has 0 radical (unpaired) electrons. The Bertz CT molecular complexity index is 1400. The number of amides is 4. The summed E-state index contributed by atoms with van der Waals surface area (Å²) in [5.74, 6) is -2.28. The standard InChI is InChI=1S/C33H41N7O4/c1-22(2)28(32(44)38-26(19-12-20-36-33(34)35)30(42)37-25-17-10-5-11-18-25)40-31(43)27(21-23-13-6-3-7-14-23)39-29(41)24-15-8-4-9-16-24/h3-11,13-18,22,26-28H,12,19-21H2,1-2H3,(H,37,42)(H,38,44)(H,39,41)(H,40,43)(H4,34,35,36)/t26-,27-,28-/m0/s1. The van der Waals surface area contributed by atoms with Crippen molar-refractivity contribution >= 4 is 35.3 Å². The molecule has 0 fully saturated rings. The van der Waals surface area contributed by atoms with Gasteiger partial charge in [-0.15, -0.1) is 0 Å². The van der Waals surface area contributed by atoms with Gasteiger partial charge in [0.1, 0.15) is 18.1 Å². The maximum absolute atomic E-state index is 13.6. The zero-order chi connectivity index (χ0) is 31.9. The van der Waals surface area contributed by atoms with Crippen LogP contribution in [0.15, 0.2) is 96.0 Å². The largest absolute Gasteiger partial charge is 0.370 e. The Kier molecular flexibility index (Phi) is 12.9. The van der Waals surface area contributed by atoms with E-state index in [0.717, 1.165) is 5.56 Å². The molecule has 0 bridgehead atoms. The van der Waals surface area contributed by atoms with E-state index in [1.807, 2.05) is 36.4 Å². The summed E-state index contributed by atoms with van der Waals surface area (Å²) in [7, 11) is 0. The monoisotopic (exact) mass is 599 g/mol. The third-order valence-electron chi connectivity index (χ3n) is 6.81. The van der Waals surface area contributed by atoms with E-state index in [0.29, 0.717) is 17.7 Å². The first-order chi connectivity index (χ1) is 21.1. The van der Waals surface area contributed by atoms with Gasteiger partial charge in [-0.05, 0) is 48.6 Å². The number of para-hydroxylation sites is 1. The highest BCUT2D eigenvalue weighted by Gasteiger charge is 2.31. The summed E-state index contributed by atoms with van der Waals surface area (Å²) in [4.78, 5) is 57.4. The lowest BCUT2D eigenvalue weighted by Gasteiger charge is -2.27. The van der Waals surface area contributed by atoms with Crippen molar-refractivity contribution in [3.05, 3.63) is 102 Å². The van der Waals surface area contributed by atoms with E-state index in [-0.39, 0.29) is 31.3 Å². The zero-order valence-corrected chi connectivity index (χ0v) is 25.0. The van der Waals surface area contributed by atoms with Crippen molar-refractivity contribution in [2.45, 2.75) is 51.2 Å². The number of carbonyl (C=O) groups excluding carboxylic acids is 4. The summed E-state index contributed by atoms with van der Waals surface area (Å²) >= 11 is 0. The van der Waals surface area contributed by atoms with Crippen molar-refractivity contribution < 1.29 is 19.2 Å². The average molecular weight is 600 g/mol. The molecule has 0 saturated carbocycles. The van der Waals surface area contributed by atoms with Gasteiger partial charge < -0.3 is 32.7 Å². The molecule has 8 N–H and O–H groups in total. The second kappa shape index (κ2) is 17.1. The number of nitrogens with two attached hydrogens (primary N) is 2. The third kappa shape index (κ3) is 10.9. The van der Waals surface area contributed by atoms with Crippen molar-refractivity contribution in [3.63, 3.8) is 0 Å². The van der Waals surface area contributed by atoms with Crippen molar-refractivity contribution in [1.29, 1.82) is 0 Å². The molecule has 0 aliphatic heterocycles. The number of carbonyl (C=O) groups is 4. The number of guanidine groups is 1. The molecular formula is C33H41N7O4. The number of hydrogen-bond acceptors (Lipinski definition) is 5. The highest BCUT2D eigenvalue weighted by atomic mass is 16.2. The van der Waals surface area contributed by atoms with Crippen LogP contribution in [0.4, 0.5) is 5.69 Å². The zero-order valence-electron chi connectivity index (χ0n) is 25.0. The van der Waals surface area contributed by atoms with Crippen molar-refractivity contribution in [3.8, 4) is 0 Å². The van der Waals surface area contributed by atoms with Gasteiger partial charge in [0.25, 0.3) is 5.91 Å². The SMILES string of the molecule is CC(C)[C@H](NC(=O)[C@H](Cc1ccccc1)NC(=O)c1ccccc1)C(=O)N[C@@H](CCCN=C(N)N)C(=O)Nc1ccccc1. The molecule has 0 unspecified atom stereocenters. The quantitative estimate of drug-likeness (QED) is 0.0886. The Morgan fingerprint density at radius 3 is 1.89 bits per heavy atom. The minimum absolute atomic E-state index is 0.0636. The molecule has 3 aromatic rings. The van der Waals surface area contributed by atoms with Crippen LogP contribution in [-0.2, 0) is 20.8 Å². The average Bonchev–Trinajstić information content (AvgIpc) is 3.01. The van der Waals surface area contributed by atoms with Gasteiger partial charge in [0.15, 0.2) is 5.96 Å². The maximum Gasteiger partial charge on any atom is 0.251 e. The predicted molar refractivity (Wildman–Crippen MR) is 172 cm³/mol. The number of nitrogens with one attached hydrogen (secondary N) is 4. The number of nitrogens with zero attached hydrogens (tertiary/aromatic N) is 1. The smallest absolute Gasteiger partial charge is 0.251 e. The van der Waals surface area contributed by atoms with E-state index < -0.39 is 41.8 Å². The fraction of sp³-hybridized carbons (Fsp3) is 0.303. The van der Waals surface area contributed by atoms with Crippen LogP contribution in [0.1, 0.15) is 42.6 Å². The molecule has 11 nitrogen and oxygen atoms in total. The van der Waals surface area contributed by atoms with Crippen LogP contribution >= 0.6 is 0 Å². The molecule has 0 spiro atoms. The van der Waals surface area contributed by atoms with Crippen LogP contribution in [-0.4, -0.2) is 54.3 Å². The van der Waals surface area contributed by atoms with Gasteiger partial charge in [0.2, 0.25) is 17.7 Å². The van der Waals surface area contributed by atoms with Crippen LogP contribution in [0.2, 0.25) is 0 Å². The van der Waals surface area contributed by atoms with E-state index in [9.17, 15) is 19.2 Å². The summed E-state index contributed by atoms with van der Waals surface area (Å²) in [6.45, 7) is 3.86. The molecule has 232 valence electrons. The molecule has 3 atom stereocenters. The van der Waals surface area contributed by atoms with Gasteiger partial charge in [0.05, 0.1) is 0 Å². The molecule has 4 amide bonds. The van der Waals surface area contributed by atoms with E-state index in [2.05, 4.69) is 26.3 Å². The number of hydrogen-bond donors (Lipinski definition) is 6. The molecule has 0 aromatic heterocycles. The summed E-state index contributed by atoms with van der Waals surface area (Å²) < 4.78 is 0. The number of aliphatic imine (C=N–C) groups is 1. The highest BCUT2D eigenvalue weighted by Crippen LogP contribution is 2.11. The fourth-order valence-corrected chi connectivity index (χ4v) is 4.46. The van der Waals surface area contributed by atoms with Gasteiger partial charge in [0, 0.05) is 24.2 Å². The Morgan fingerprint density at radius 2 is 1.30 bits per heavy atom. The number of rotatable bonds is 15. The van der Waals surface area contributed by atoms with E-state index in [1.54, 1.807) is 68.4 Å². The van der Waals surface area contributed by atoms with Crippen molar-refractivity contribution in [2.24, 2.45) is 22.4 Å². The summed E-state index contributed by atoms with van der Waals surface area (Å²) in [6.07, 6.45) is 0.892. The molecule has 44 heavy (non-hydrogen) atoms. The first kappa shape index (κ1) is 33.3. The van der Waals surface area contributed by atoms with Gasteiger partial charge in [-0.3, -0.25) is 24.2 Å². The Balaban J connectivity index is 1.77. The molecular weight excluding hydrogens is 558 g/mol. The summed E-state index contributed by atoms with van der Waals surface area (Å²) in [6, 6.07) is 23.9. The summed E-state index contributed by atoms with van der Waals surface area (Å²) in [5.41, 5.74) is 12.7. The molecule has 11 heteroatoms. The van der Waals surface area contributed by atoms with Crippen LogP contribution < -0.4 is 32.7 Å². The Labute approximate surface area is 257 Å². The minimum Gasteiger partial charge on any atom is -0.370 e. The lowest BCUT2D eigenvalue weighted by atomic mass is 10.00. The minimum atomic E-state index is -0.987. The van der Waals surface area contributed by atoms with Crippen LogP contribution in [0.25, 0.3) is 0 Å². The van der Waals surface area contributed by atoms with Crippen molar-refractivity contribution in [1.82, 2.24) is 16.0 Å². The van der Waals surface area contributed by atoms with Gasteiger partial charge in [-0.25, -0.2) is 0 Å². The first-order valence-electron chi connectivity index (χ1n) is 14.6. The van der Waals surface area contributed by atoms with Crippen LogP contribution in [0.5, 0.6) is 0 Å². The molecule has 0 heterocycles. The highest BCUT2D eigenvalue weighted by molar-refractivity contribution is 6.00. The molecule has 0 saturated heterocycles. The normalized spacial score (nSPS) is 12.7. The Hall–Kier alpha value is -5.19. The van der Waals surface area contributed by atoms with Crippen LogP contribution in [0.3, 0.4) is 0 Å². The lowest BCUT2D eigenvalue weighted by Crippen LogP contribution is -2.58. The maximum atomic E-state index is 13.6. The van der Waals surface area contributed by atoms with E-state index in [4.69, 9.17) is 11.5 Å². The predicted octanol–water partition coefficient (Wildman–Crippen LogP) is 2.35. The lowest BCUT2D eigenvalue weighted by molar-refractivity contribution is -0.132. The van der Waals surface area contributed by atoms with E-state index >= 15 is 0 Å². The second-order valence-corrected chi connectivity index (χ2v) is 10.7. The third-order valence-corrected chi connectivity index (χ3v) is 6.81. The van der Waals surface area contributed by atoms with Crippen molar-refractivity contribution in [2.75, 3.05) is 11.9 Å². The topological polar surface area (TPSA) is 181 Å². The van der Waals surface area contributed by atoms with E-state index in [1.165, 1.54) is 0 Å². The van der Waals surface area contributed by atoms with Gasteiger partial charge >= 0.3 is 0 Å². The summed E-state index contributed by atoms with van der Waals surface area (Å²) in [5, 5.41) is 11.3. The number of anilines is 1. The second-order valence-electron chi connectivity index (χ2n) is 10.7. The fourth-order valence-electron chi connectivity index (χ4n) is 4.46. The number of benzene rings is 3. The van der Waals surface area contributed by atoms with Gasteiger partial charge in [-0.1, -0.05) is 80.6 Å². The molecule has 3 aromatic carbocycles. The molecule has 0 aliphatic carbocycles. The first-order valence-corrected chi connectivity index (χ1v) is 14.6.